The number of thioether (sulfide) groups is 1. The molecule has 0 bridgehead atoms. The van der Waals surface area contributed by atoms with Crippen LogP contribution in [0.15, 0.2) is 53.0 Å². The monoisotopic (exact) mass is 345 g/mol. The summed E-state index contributed by atoms with van der Waals surface area (Å²) in [6.07, 6.45) is 0. The lowest BCUT2D eigenvalue weighted by Gasteiger charge is -2.11. The molecular formula is C16H15N3O2S2. The lowest BCUT2D eigenvalue weighted by molar-refractivity contribution is -0.139. The van der Waals surface area contributed by atoms with Gasteiger partial charge in [0.05, 0.1) is 12.0 Å². The molecule has 0 radical (unpaired) electrons. The summed E-state index contributed by atoms with van der Waals surface area (Å²) in [6, 6.07) is 13.9. The molecule has 0 aliphatic heterocycles. The van der Waals surface area contributed by atoms with E-state index >= 15 is 0 Å². The molecule has 2 aromatic heterocycles. The number of aromatic nitrogens is 3. The number of hydrogen-bond donors (Lipinski definition) is 0. The van der Waals surface area contributed by atoms with Crippen molar-refractivity contribution in [2.45, 2.75) is 17.3 Å². The highest BCUT2D eigenvalue weighted by Gasteiger charge is 2.22. The minimum atomic E-state index is -0.358. The Bertz CT molecular complexity index is 785. The molecule has 0 amide bonds. The van der Waals surface area contributed by atoms with E-state index in [1.54, 1.807) is 18.3 Å². The number of ether oxygens (including phenoxy) is 1. The molecule has 1 atom stereocenters. The fraction of sp³-hybridized carbons (Fsp3) is 0.188. The van der Waals surface area contributed by atoms with Gasteiger partial charge in [0.2, 0.25) is 0 Å². The molecule has 0 N–H and O–H groups in total. The number of esters is 1. The first-order valence-corrected chi connectivity index (χ1v) is 8.76. The number of methoxy groups -OCH3 is 1. The topological polar surface area (TPSA) is 57.0 Å². The maximum absolute atomic E-state index is 11.7. The summed E-state index contributed by atoms with van der Waals surface area (Å²) in [5.41, 5.74) is 0.959. The Morgan fingerprint density at radius 3 is 2.65 bits per heavy atom. The molecule has 0 unspecified atom stereocenters. The number of hydrogen-bond acceptors (Lipinski definition) is 6. The van der Waals surface area contributed by atoms with Crippen molar-refractivity contribution in [2.75, 3.05) is 7.11 Å². The summed E-state index contributed by atoms with van der Waals surface area (Å²) >= 11 is 2.94. The van der Waals surface area contributed by atoms with Gasteiger partial charge in [-0.15, -0.1) is 21.5 Å². The predicted molar refractivity (Wildman–Crippen MR) is 92.0 cm³/mol. The molecule has 23 heavy (non-hydrogen) atoms. The van der Waals surface area contributed by atoms with Crippen LogP contribution in [0.2, 0.25) is 0 Å². The second-order valence-corrected chi connectivity index (χ2v) is 6.99. The van der Waals surface area contributed by atoms with Gasteiger partial charge in [-0.05, 0) is 30.5 Å². The van der Waals surface area contributed by atoms with Crippen molar-refractivity contribution >= 4 is 29.1 Å². The third-order valence-corrected chi connectivity index (χ3v) is 5.09. The highest BCUT2D eigenvalue weighted by atomic mass is 32.2. The first-order chi connectivity index (χ1) is 11.2. The van der Waals surface area contributed by atoms with Crippen LogP contribution in [0.5, 0.6) is 0 Å². The normalized spacial score (nSPS) is 12.1. The Morgan fingerprint density at radius 1 is 1.22 bits per heavy atom. The molecule has 0 saturated heterocycles. The van der Waals surface area contributed by atoms with Crippen LogP contribution in [0.3, 0.4) is 0 Å². The van der Waals surface area contributed by atoms with Gasteiger partial charge in [0, 0.05) is 5.69 Å². The zero-order valence-corrected chi connectivity index (χ0v) is 14.3. The molecule has 3 aromatic rings. The maximum Gasteiger partial charge on any atom is 0.318 e. The molecule has 0 saturated carbocycles. The number of para-hydroxylation sites is 1. The summed E-state index contributed by atoms with van der Waals surface area (Å²) in [4.78, 5) is 12.7. The van der Waals surface area contributed by atoms with E-state index in [1.807, 2.05) is 52.4 Å². The Labute approximate surface area is 142 Å². The van der Waals surface area contributed by atoms with E-state index < -0.39 is 0 Å². The van der Waals surface area contributed by atoms with Crippen molar-refractivity contribution < 1.29 is 9.53 Å². The number of rotatable bonds is 5. The minimum Gasteiger partial charge on any atom is -0.468 e. The van der Waals surface area contributed by atoms with E-state index in [0.717, 1.165) is 16.4 Å². The van der Waals surface area contributed by atoms with Gasteiger partial charge < -0.3 is 4.74 Å². The summed E-state index contributed by atoms with van der Waals surface area (Å²) in [5.74, 6) is 0.487. The number of thiophene rings is 1. The van der Waals surface area contributed by atoms with E-state index in [-0.39, 0.29) is 11.2 Å². The molecule has 0 aliphatic rings. The fourth-order valence-electron chi connectivity index (χ4n) is 2.09. The molecule has 3 rings (SSSR count). The van der Waals surface area contributed by atoms with Crippen molar-refractivity contribution in [3.05, 3.63) is 47.8 Å². The van der Waals surface area contributed by atoms with Gasteiger partial charge in [-0.1, -0.05) is 36.0 Å². The van der Waals surface area contributed by atoms with E-state index in [9.17, 15) is 4.79 Å². The Balaban J connectivity index is 2.05. The molecule has 0 aliphatic carbocycles. The lowest BCUT2D eigenvalue weighted by Crippen LogP contribution is -2.15. The summed E-state index contributed by atoms with van der Waals surface area (Å²) < 4.78 is 6.76. The standard InChI is InChI=1S/C16H15N3O2S2/c1-11(15(20)21-2)23-16-18-17-14(13-9-6-10-22-13)19(16)12-7-4-3-5-8-12/h3-11H,1-2H3/t11-/m1/s1. The number of carbonyl (C=O) groups is 1. The number of benzene rings is 1. The van der Waals surface area contributed by atoms with Gasteiger partial charge in [0.25, 0.3) is 0 Å². The van der Waals surface area contributed by atoms with E-state index in [4.69, 9.17) is 4.74 Å². The van der Waals surface area contributed by atoms with Gasteiger partial charge in [0.15, 0.2) is 11.0 Å². The molecule has 1 aromatic carbocycles. The van der Waals surface area contributed by atoms with Gasteiger partial charge in [-0.25, -0.2) is 0 Å². The quantitative estimate of drug-likeness (QED) is 0.522. The summed E-state index contributed by atoms with van der Waals surface area (Å²) in [7, 11) is 1.39. The molecular weight excluding hydrogens is 330 g/mol. The largest absolute Gasteiger partial charge is 0.468 e. The zero-order chi connectivity index (χ0) is 16.2. The van der Waals surface area contributed by atoms with E-state index in [0.29, 0.717) is 5.16 Å². The van der Waals surface area contributed by atoms with Crippen LogP contribution in [-0.2, 0) is 9.53 Å². The molecule has 7 heteroatoms. The second-order valence-electron chi connectivity index (χ2n) is 4.74. The zero-order valence-electron chi connectivity index (χ0n) is 12.7. The van der Waals surface area contributed by atoms with Gasteiger partial charge in [-0.2, -0.15) is 0 Å². The van der Waals surface area contributed by atoms with Crippen molar-refractivity contribution in [2.24, 2.45) is 0 Å². The average molecular weight is 345 g/mol. The number of carbonyl (C=O) groups excluding carboxylic acids is 1. The predicted octanol–water partition coefficient (Wildman–Crippen LogP) is 3.65. The lowest BCUT2D eigenvalue weighted by atomic mass is 10.3. The first kappa shape index (κ1) is 15.8. The third kappa shape index (κ3) is 3.30. The van der Waals surface area contributed by atoms with Crippen molar-refractivity contribution in [1.29, 1.82) is 0 Å². The second kappa shape index (κ2) is 6.97. The first-order valence-electron chi connectivity index (χ1n) is 7.00. The molecule has 0 fully saturated rings. The van der Waals surface area contributed by atoms with Crippen LogP contribution in [0.4, 0.5) is 0 Å². The summed E-state index contributed by atoms with van der Waals surface area (Å²) in [6.45, 7) is 1.80. The van der Waals surface area contributed by atoms with E-state index in [1.165, 1.54) is 18.9 Å². The van der Waals surface area contributed by atoms with Crippen LogP contribution in [0.25, 0.3) is 16.4 Å². The molecule has 2 heterocycles. The summed E-state index contributed by atoms with van der Waals surface area (Å²) in [5, 5.41) is 10.9. The average Bonchev–Trinajstić information content (AvgIpc) is 3.24. The van der Waals surface area contributed by atoms with Crippen LogP contribution in [0, 0.1) is 0 Å². The van der Waals surface area contributed by atoms with Crippen molar-refractivity contribution in [3.8, 4) is 16.4 Å². The van der Waals surface area contributed by atoms with Crippen LogP contribution < -0.4 is 0 Å². The van der Waals surface area contributed by atoms with Crippen LogP contribution in [-0.4, -0.2) is 33.1 Å². The Kier molecular flexibility index (Phi) is 4.78. The smallest absolute Gasteiger partial charge is 0.318 e. The Hall–Kier alpha value is -2.12. The van der Waals surface area contributed by atoms with E-state index in [2.05, 4.69) is 10.2 Å². The fourth-order valence-corrected chi connectivity index (χ4v) is 3.69. The number of nitrogens with zero attached hydrogens (tertiary/aromatic N) is 3. The van der Waals surface area contributed by atoms with Crippen LogP contribution >= 0.6 is 23.1 Å². The SMILES string of the molecule is COC(=O)[C@@H](C)Sc1nnc(-c2cccs2)n1-c1ccccc1. The van der Waals surface area contributed by atoms with Crippen molar-refractivity contribution in [1.82, 2.24) is 14.8 Å². The minimum absolute atomic E-state index is 0.282. The van der Waals surface area contributed by atoms with Gasteiger partial charge in [0.1, 0.15) is 5.25 Å². The maximum atomic E-state index is 11.7. The molecule has 118 valence electrons. The Morgan fingerprint density at radius 2 is 2.00 bits per heavy atom. The van der Waals surface area contributed by atoms with Gasteiger partial charge >= 0.3 is 5.97 Å². The third-order valence-electron chi connectivity index (χ3n) is 3.20. The van der Waals surface area contributed by atoms with Crippen molar-refractivity contribution in [3.63, 3.8) is 0 Å². The highest BCUT2D eigenvalue weighted by Crippen LogP contribution is 2.32. The molecule has 0 spiro atoms. The van der Waals surface area contributed by atoms with Crippen LogP contribution in [0.1, 0.15) is 6.92 Å². The van der Waals surface area contributed by atoms with Gasteiger partial charge in [-0.3, -0.25) is 9.36 Å². The molecule has 5 nitrogen and oxygen atoms in total. The highest BCUT2D eigenvalue weighted by molar-refractivity contribution is 8.00.